The molecule has 1 aliphatic heterocycles. The van der Waals surface area contributed by atoms with Crippen molar-refractivity contribution < 1.29 is 9.84 Å². The number of ether oxygens (including phenoxy) is 1. The maximum Gasteiger partial charge on any atom is 0.238 e. The molecule has 0 aliphatic carbocycles. The molecule has 0 amide bonds. The Hall–Kier alpha value is -1.49. The van der Waals surface area contributed by atoms with Gasteiger partial charge in [0, 0.05) is 13.1 Å². The number of β-amino-alcohol motifs (C(OH)–C–C–N with tert-alkyl or cyclic N) is 1. The molecule has 5 heteroatoms. The van der Waals surface area contributed by atoms with E-state index < -0.39 is 0 Å². The molecule has 3 N–H and O–H groups in total. The lowest BCUT2D eigenvalue weighted by Gasteiger charge is -2.17. The molecule has 0 bridgehead atoms. The summed E-state index contributed by atoms with van der Waals surface area (Å²) in [5.74, 6) is 1.24. The summed E-state index contributed by atoms with van der Waals surface area (Å²) in [4.78, 5) is 6.30. The zero-order valence-electron chi connectivity index (χ0n) is 8.68. The van der Waals surface area contributed by atoms with Gasteiger partial charge in [0.2, 0.25) is 5.88 Å². The largest absolute Gasteiger partial charge is 0.479 e. The molecule has 2 heterocycles. The maximum atomic E-state index is 9.42. The highest BCUT2D eigenvalue weighted by atomic mass is 16.5. The molecule has 1 aliphatic rings. The summed E-state index contributed by atoms with van der Waals surface area (Å²) in [6.07, 6.45) is 0.532. The van der Waals surface area contributed by atoms with Gasteiger partial charge in [-0.15, -0.1) is 0 Å². The lowest BCUT2D eigenvalue weighted by atomic mass is 10.3. The first kappa shape index (κ1) is 10.0. The Labute approximate surface area is 88.5 Å². The van der Waals surface area contributed by atoms with Crippen LogP contribution < -0.4 is 15.4 Å². The monoisotopic (exact) mass is 209 g/mol. The van der Waals surface area contributed by atoms with Crippen molar-refractivity contribution in [2.75, 3.05) is 30.8 Å². The predicted molar refractivity (Wildman–Crippen MR) is 58.0 cm³/mol. The molecule has 2 rings (SSSR count). The number of hydrogen-bond acceptors (Lipinski definition) is 5. The van der Waals surface area contributed by atoms with Crippen molar-refractivity contribution in [2.45, 2.75) is 12.5 Å². The average molecular weight is 209 g/mol. The number of rotatable bonds is 2. The number of anilines is 2. The summed E-state index contributed by atoms with van der Waals surface area (Å²) in [5.41, 5.74) is 6.20. The Morgan fingerprint density at radius 2 is 2.40 bits per heavy atom. The minimum atomic E-state index is -0.254. The van der Waals surface area contributed by atoms with E-state index in [9.17, 15) is 5.11 Å². The fraction of sp³-hybridized carbons (Fsp3) is 0.500. The SMILES string of the molecule is COc1nc(N2CCC(O)C2)ccc1N. The van der Waals surface area contributed by atoms with Crippen LogP contribution in [0.1, 0.15) is 6.42 Å². The molecular weight excluding hydrogens is 194 g/mol. The highest BCUT2D eigenvalue weighted by Crippen LogP contribution is 2.24. The van der Waals surface area contributed by atoms with Crippen LogP contribution in [0.5, 0.6) is 5.88 Å². The predicted octanol–water partition coefficient (Wildman–Crippen LogP) is 0.243. The number of aliphatic hydroxyl groups is 1. The van der Waals surface area contributed by atoms with Crippen molar-refractivity contribution in [3.63, 3.8) is 0 Å². The summed E-state index contributed by atoms with van der Waals surface area (Å²) in [7, 11) is 1.54. The molecule has 0 saturated carbocycles. The van der Waals surface area contributed by atoms with Crippen LogP contribution in [0.3, 0.4) is 0 Å². The summed E-state index contributed by atoms with van der Waals surface area (Å²) in [6, 6.07) is 3.61. The van der Waals surface area contributed by atoms with Gasteiger partial charge in [-0.25, -0.2) is 0 Å². The van der Waals surface area contributed by atoms with Crippen LogP contribution in [-0.4, -0.2) is 36.4 Å². The van der Waals surface area contributed by atoms with Gasteiger partial charge in [0.1, 0.15) is 5.82 Å². The Kier molecular flexibility index (Phi) is 2.64. The first-order valence-electron chi connectivity index (χ1n) is 4.94. The lowest BCUT2D eigenvalue weighted by molar-refractivity contribution is 0.198. The highest BCUT2D eigenvalue weighted by molar-refractivity contribution is 5.54. The molecule has 0 aromatic carbocycles. The van der Waals surface area contributed by atoms with Gasteiger partial charge >= 0.3 is 0 Å². The van der Waals surface area contributed by atoms with E-state index in [1.54, 1.807) is 13.2 Å². The topological polar surface area (TPSA) is 71.6 Å². The summed E-state index contributed by atoms with van der Waals surface area (Å²) < 4.78 is 5.05. The van der Waals surface area contributed by atoms with E-state index >= 15 is 0 Å². The van der Waals surface area contributed by atoms with Crippen LogP contribution in [0.25, 0.3) is 0 Å². The van der Waals surface area contributed by atoms with Gasteiger partial charge in [-0.05, 0) is 18.6 Å². The molecule has 0 spiro atoms. The van der Waals surface area contributed by atoms with Gasteiger partial charge in [-0.3, -0.25) is 0 Å². The van der Waals surface area contributed by atoms with Crippen LogP contribution >= 0.6 is 0 Å². The van der Waals surface area contributed by atoms with Crippen LogP contribution in [0.15, 0.2) is 12.1 Å². The van der Waals surface area contributed by atoms with Crippen LogP contribution in [0, 0.1) is 0 Å². The van der Waals surface area contributed by atoms with Gasteiger partial charge in [0.15, 0.2) is 0 Å². The number of hydrogen-bond donors (Lipinski definition) is 2. The molecule has 1 unspecified atom stereocenters. The second-order valence-electron chi connectivity index (χ2n) is 3.66. The minimum Gasteiger partial charge on any atom is -0.479 e. The fourth-order valence-electron chi connectivity index (χ4n) is 1.73. The Morgan fingerprint density at radius 1 is 1.60 bits per heavy atom. The third-order valence-electron chi connectivity index (χ3n) is 2.56. The van der Waals surface area contributed by atoms with E-state index in [-0.39, 0.29) is 6.10 Å². The van der Waals surface area contributed by atoms with Gasteiger partial charge in [0.05, 0.1) is 18.9 Å². The van der Waals surface area contributed by atoms with Crippen molar-refractivity contribution in [1.29, 1.82) is 0 Å². The molecular formula is C10H15N3O2. The molecule has 5 nitrogen and oxygen atoms in total. The van der Waals surface area contributed by atoms with Crippen molar-refractivity contribution >= 4 is 11.5 Å². The second kappa shape index (κ2) is 3.94. The Bertz CT molecular complexity index is 357. The molecule has 1 atom stereocenters. The van der Waals surface area contributed by atoms with Crippen molar-refractivity contribution in [3.05, 3.63) is 12.1 Å². The highest BCUT2D eigenvalue weighted by Gasteiger charge is 2.21. The van der Waals surface area contributed by atoms with Crippen LogP contribution in [-0.2, 0) is 0 Å². The second-order valence-corrected chi connectivity index (χ2v) is 3.66. The average Bonchev–Trinajstić information content (AvgIpc) is 2.66. The number of nitrogens with zero attached hydrogens (tertiary/aromatic N) is 2. The van der Waals surface area contributed by atoms with E-state index in [4.69, 9.17) is 10.5 Å². The summed E-state index contributed by atoms with van der Waals surface area (Å²) in [5, 5.41) is 9.42. The van der Waals surface area contributed by atoms with E-state index in [0.29, 0.717) is 18.1 Å². The van der Waals surface area contributed by atoms with Crippen molar-refractivity contribution in [3.8, 4) is 5.88 Å². The number of pyridine rings is 1. The zero-order valence-corrected chi connectivity index (χ0v) is 8.68. The van der Waals surface area contributed by atoms with Crippen LogP contribution in [0.2, 0.25) is 0 Å². The number of nitrogens with two attached hydrogens (primary N) is 1. The third-order valence-corrected chi connectivity index (χ3v) is 2.56. The van der Waals surface area contributed by atoms with Crippen LogP contribution in [0.4, 0.5) is 11.5 Å². The van der Waals surface area contributed by atoms with Gasteiger partial charge in [-0.1, -0.05) is 0 Å². The number of aromatic nitrogens is 1. The van der Waals surface area contributed by atoms with E-state index in [1.165, 1.54) is 0 Å². The molecule has 15 heavy (non-hydrogen) atoms. The Balaban J connectivity index is 2.21. The van der Waals surface area contributed by atoms with E-state index in [2.05, 4.69) is 4.98 Å². The smallest absolute Gasteiger partial charge is 0.238 e. The summed E-state index contributed by atoms with van der Waals surface area (Å²) >= 11 is 0. The quantitative estimate of drug-likeness (QED) is 0.730. The van der Waals surface area contributed by atoms with E-state index in [0.717, 1.165) is 18.8 Å². The number of aliphatic hydroxyl groups excluding tert-OH is 1. The molecule has 1 saturated heterocycles. The van der Waals surface area contributed by atoms with Crippen molar-refractivity contribution in [2.24, 2.45) is 0 Å². The third kappa shape index (κ3) is 1.97. The molecule has 0 radical (unpaired) electrons. The van der Waals surface area contributed by atoms with Crippen molar-refractivity contribution in [1.82, 2.24) is 4.98 Å². The van der Waals surface area contributed by atoms with Gasteiger partial charge < -0.3 is 20.5 Å². The van der Waals surface area contributed by atoms with Gasteiger partial charge in [-0.2, -0.15) is 4.98 Å². The molecule has 1 aromatic heterocycles. The van der Waals surface area contributed by atoms with Gasteiger partial charge in [0.25, 0.3) is 0 Å². The number of methoxy groups -OCH3 is 1. The van der Waals surface area contributed by atoms with E-state index in [1.807, 2.05) is 11.0 Å². The fourth-order valence-corrected chi connectivity index (χ4v) is 1.73. The first-order chi connectivity index (χ1) is 7.20. The molecule has 1 aromatic rings. The molecule has 1 fully saturated rings. The standard InChI is InChI=1S/C10H15N3O2/c1-15-10-8(11)2-3-9(12-10)13-5-4-7(14)6-13/h2-3,7,14H,4-6,11H2,1H3. The normalized spacial score (nSPS) is 20.7. The first-order valence-corrected chi connectivity index (χ1v) is 4.94. The molecule has 82 valence electrons. The minimum absolute atomic E-state index is 0.254. The maximum absolute atomic E-state index is 9.42. The Morgan fingerprint density at radius 3 is 3.00 bits per heavy atom. The lowest BCUT2D eigenvalue weighted by Crippen LogP contribution is -2.22. The number of nitrogen functional groups attached to an aromatic ring is 1. The zero-order chi connectivity index (χ0) is 10.8. The summed E-state index contributed by atoms with van der Waals surface area (Å²) in [6.45, 7) is 1.45.